The molecule has 0 spiro atoms. The molecule has 0 saturated carbocycles. The Balaban J connectivity index is 0.00000576. The Morgan fingerprint density at radius 1 is 1.24 bits per heavy atom. The van der Waals surface area contributed by atoms with E-state index in [9.17, 15) is 18.0 Å². The molecule has 0 heterocycles. The molecule has 10 heteroatoms. The summed E-state index contributed by atoms with van der Waals surface area (Å²) < 4.78 is 45.9. The van der Waals surface area contributed by atoms with Gasteiger partial charge < -0.3 is 20.5 Å². The lowest BCUT2D eigenvalue weighted by Gasteiger charge is -2.19. The molecule has 0 saturated heterocycles. The fraction of sp³-hybridized carbons (Fsp3) is 0.467. The minimum Gasteiger partial charge on any atom is -0.460 e. The second kappa shape index (κ2) is 9.68. The highest BCUT2D eigenvalue weighted by Gasteiger charge is 2.32. The minimum absolute atomic E-state index is 0. The summed E-state index contributed by atoms with van der Waals surface area (Å²) >= 11 is 0. The Kier molecular flexibility index (Phi) is 9.02. The molecule has 6 nitrogen and oxygen atoms in total. The molecule has 142 valence electrons. The average Bonchev–Trinajstić information content (AvgIpc) is 2.37. The highest BCUT2D eigenvalue weighted by Crippen LogP contribution is 2.29. The van der Waals surface area contributed by atoms with Gasteiger partial charge in [0.2, 0.25) is 0 Å². The second-order valence-electron chi connectivity index (χ2n) is 5.77. The molecule has 0 amide bonds. The SMILES string of the molecule is CC(C)(C)OC(=O)CCN=C(N)Nc1ccccc1OC(F)(F)F.I. The van der Waals surface area contributed by atoms with E-state index < -0.39 is 23.7 Å². The number of nitrogens with two attached hydrogens (primary N) is 1. The van der Waals surface area contributed by atoms with Crippen molar-refractivity contribution in [3.05, 3.63) is 24.3 Å². The van der Waals surface area contributed by atoms with Crippen molar-refractivity contribution >= 4 is 41.6 Å². The Morgan fingerprint density at radius 2 is 1.84 bits per heavy atom. The molecule has 0 fully saturated rings. The smallest absolute Gasteiger partial charge is 0.460 e. The predicted octanol–water partition coefficient (Wildman–Crippen LogP) is 3.66. The lowest BCUT2D eigenvalue weighted by atomic mass is 10.2. The van der Waals surface area contributed by atoms with Gasteiger partial charge in [-0.05, 0) is 32.9 Å². The molecule has 0 aliphatic heterocycles. The molecule has 0 aromatic heterocycles. The first-order valence-electron chi connectivity index (χ1n) is 7.10. The third-order valence-corrected chi connectivity index (χ3v) is 2.39. The summed E-state index contributed by atoms with van der Waals surface area (Å²) in [6.07, 6.45) is -4.82. The van der Waals surface area contributed by atoms with E-state index in [4.69, 9.17) is 10.5 Å². The number of alkyl halides is 3. The first kappa shape index (κ1) is 23.3. The van der Waals surface area contributed by atoms with E-state index in [1.54, 1.807) is 20.8 Å². The summed E-state index contributed by atoms with van der Waals surface area (Å²) in [7, 11) is 0. The number of hydrogen-bond donors (Lipinski definition) is 2. The number of nitrogens with zero attached hydrogens (tertiary/aromatic N) is 1. The monoisotopic (exact) mass is 475 g/mol. The number of benzene rings is 1. The van der Waals surface area contributed by atoms with Crippen molar-refractivity contribution in [3.63, 3.8) is 0 Å². The van der Waals surface area contributed by atoms with Gasteiger partial charge >= 0.3 is 12.3 Å². The van der Waals surface area contributed by atoms with Crippen molar-refractivity contribution in [2.24, 2.45) is 10.7 Å². The number of esters is 1. The van der Waals surface area contributed by atoms with Gasteiger partial charge in [0.15, 0.2) is 11.7 Å². The van der Waals surface area contributed by atoms with Gasteiger partial charge in [-0.2, -0.15) is 0 Å². The molecular formula is C15H21F3IN3O3. The summed E-state index contributed by atoms with van der Waals surface area (Å²) in [5, 5.41) is 2.51. The normalized spacial score (nSPS) is 12.2. The molecule has 0 radical (unpaired) electrons. The number of carbonyl (C=O) groups excluding carboxylic acids is 1. The Morgan fingerprint density at radius 3 is 2.40 bits per heavy atom. The van der Waals surface area contributed by atoms with Crippen molar-refractivity contribution < 1.29 is 27.4 Å². The number of ether oxygens (including phenoxy) is 2. The van der Waals surface area contributed by atoms with Gasteiger partial charge in [0.25, 0.3) is 0 Å². The van der Waals surface area contributed by atoms with E-state index in [2.05, 4.69) is 15.0 Å². The van der Waals surface area contributed by atoms with Crippen molar-refractivity contribution in [1.29, 1.82) is 0 Å². The fourth-order valence-electron chi connectivity index (χ4n) is 1.62. The van der Waals surface area contributed by atoms with Crippen molar-refractivity contribution in [1.82, 2.24) is 0 Å². The lowest BCUT2D eigenvalue weighted by Crippen LogP contribution is -2.26. The average molecular weight is 475 g/mol. The number of hydrogen-bond acceptors (Lipinski definition) is 4. The minimum atomic E-state index is -4.82. The second-order valence-corrected chi connectivity index (χ2v) is 5.77. The van der Waals surface area contributed by atoms with Gasteiger partial charge in [-0.15, -0.1) is 37.1 Å². The quantitative estimate of drug-likeness (QED) is 0.294. The molecule has 1 rings (SSSR count). The molecule has 0 atom stereocenters. The van der Waals surface area contributed by atoms with Crippen LogP contribution in [0.15, 0.2) is 29.3 Å². The summed E-state index contributed by atoms with van der Waals surface area (Å²) in [5.41, 5.74) is 5.01. The predicted molar refractivity (Wildman–Crippen MR) is 99.1 cm³/mol. The van der Waals surface area contributed by atoms with Gasteiger partial charge in [0.1, 0.15) is 5.60 Å². The molecule has 25 heavy (non-hydrogen) atoms. The number of anilines is 1. The Hall–Kier alpha value is -1.72. The number of para-hydroxylation sites is 2. The van der Waals surface area contributed by atoms with Crippen molar-refractivity contribution in [2.75, 3.05) is 11.9 Å². The van der Waals surface area contributed by atoms with Crippen LogP contribution in [0.25, 0.3) is 0 Å². The van der Waals surface area contributed by atoms with Crippen LogP contribution in [0.4, 0.5) is 18.9 Å². The molecule has 0 unspecified atom stereocenters. The van der Waals surface area contributed by atoms with E-state index in [1.807, 2.05) is 0 Å². The van der Waals surface area contributed by atoms with Crippen LogP contribution in [0.2, 0.25) is 0 Å². The zero-order valence-corrected chi connectivity index (χ0v) is 16.3. The van der Waals surface area contributed by atoms with Crippen LogP contribution in [0, 0.1) is 0 Å². The van der Waals surface area contributed by atoms with E-state index >= 15 is 0 Å². The number of guanidine groups is 1. The summed E-state index contributed by atoms with van der Waals surface area (Å²) in [6, 6.07) is 5.41. The van der Waals surface area contributed by atoms with Gasteiger partial charge in [0, 0.05) is 0 Å². The molecular weight excluding hydrogens is 454 g/mol. The van der Waals surface area contributed by atoms with Crippen LogP contribution in [-0.2, 0) is 9.53 Å². The van der Waals surface area contributed by atoms with Crippen molar-refractivity contribution in [2.45, 2.75) is 39.2 Å². The maximum atomic E-state index is 12.3. The van der Waals surface area contributed by atoms with Gasteiger partial charge in [-0.1, -0.05) is 12.1 Å². The molecule has 0 bridgehead atoms. The number of nitrogens with one attached hydrogen (secondary N) is 1. The summed E-state index contributed by atoms with van der Waals surface area (Å²) in [5.74, 6) is -1.02. The molecule has 0 aliphatic carbocycles. The molecule has 1 aromatic carbocycles. The zero-order chi connectivity index (χ0) is 18.4. The van der Waals surface area contributed by atoms with Crippen LogP contribution in [0.1, 0.15) is 27.2 Å². The zero-order valence-electron chi connectivity index (χ0n) is 14.0. The lowest BCUT2D eigenvalue weighted by molar-refractivity contribution is -0.274. The number of aliphatic imine (C=N–C) groups is 1. The van der Waals surface area contributed by atoms with Gasteiger partial charge in [-0.25, -0.2) is 0 Å². The maximum absolute atomic E-state index is 12.3. The highest BCUT2D eigenvalue weighted by molar-refractivity contribution is 14.0. The van der Waals surface area contributed by atoms with E-state index in [1.165, 1.54) is 18.2 Å². The standard InChI is InChI=1S/C15H20F3N3O3.HI/c1-14(2,3)24-12(22)8-9-20-13(19)21-10-6-4-5-7-11(10)23-15(16,17)18;/h4-7H,8-9H2,1-3H3,(H3,19,20,21);1H. The van der Waals surface area contributed by atoms with E-state index in [0.29, 0.717) is 0 Å². The van der Waals surface area contributed by atoms with Crippen LogP contribution in [0.5, 0.6) is 5.75 Å². The first-order chi connectivity index (χ1) is 11.0. The van der Waals surface area contributed by atoms with Gasteiger partial charge in [0.05, 0.1) is 18.7 Å². The van der Waals surface area contributed by atoms with E-state index in [-0.39, 0.29) is 48.6 Å². The maximum Gasteiger partial charge on any atom is 0.573 e. The molecule has 1 aromatic rings. The van der Waals surface area contributed by atoms with Gasteiger partial charge in [-0.3, -0.25) is 9.79 Å². The number of rotatable bonds is 5. The van der Waals surface area contributed by atoms with Crippen molar-refractivity contribution in [3.8, 4) is 5.75 Å². The Labute approximate surface area is 161 Å². The summed E-state index contributed by atoms with van der Waals surface area (Å²) in [4.78, 5) is 15.4. The number of carbonyl (C=O) groups is 1. The van der Waals surface area contributed by atoms with Crippen LogP contribution in [0.3, 0.4) is 0 Å². The topological polar surface area (TPSA) is 85.9 Å². The molecule has 0 aliphatic rings. The largest absolute Gasteiger partial charge is 0.573 e. The molecule has 3 N–H and O–H groups in total. The van der Waals surface area contributed by atoms with Crippen LogP contribution in [-0.4, -0.2) is 30.4 Å². The Bertz CT molecular complexity index is 602. The fourth-order valence-corrected chi connectivity index (χ4v) is 1.62. The summed E-state index contributed by atoms with van der Waals surface area (Å²) in [6.45, 7) is 5.25. The van der Waals surface area contributed by atoms with E-state index in [0.717, 1.165) is 6.07 Å². The van der Waals surface area contributed by atoms with Crippen LogP contribution >= 0.6 is 24.0 Å². The first-order valence-corrected chi connectivity index (χ1v) is 7.10. The highest BCUT2D eigenvalue weighted by atomic mass is 127. The van der Waals surface area contributed by atoms with Crippen LogP contribution < -0.4 is 15.8 Å². The third kappa shape index (κ3) is 10.7. The number of halogens is 4. The third-order valence-electron chi connectivity index (χ3n) is 2.39.